The molecule has 0 aromatic carbocycles. The van der Waals surface area contributed by atoms with Gasteiger partial charge in [0.2, 0.25) is 0 Å². The van der Waals surface area contributed by atoms with Crippen LogP contribution in [0, 0.1) is 0 Å². The van der Waals surface area contributed by atoms with Crippen LogP contribution in [-0.4, -0.2) is 36.8 Å². The molecule has 0 radical (unpaired) electrons. The molecule has 0 aromatic heterocycles. The lowest BCUT2D eigenvalue weighted by Crippen LogP contribution is -2.25. The Morgan fingerprint density at radius 3 is 2.46 bits per heavy atom. The Morgan fingerprint density at radius 2 is 2.00 bits per heavy atom. The van der Waals surface area contributed by atoms with E-state index in [-0.39, 0.29) is 0 Å². The molecule has 13 heavy (non-hydrogen) atoms. The molecule has 0 aromatic rings. The minimum Gasteiger partial charge on any atom is -0.396 e. The second kappa shape index (κ2) is 8.27. The summed E-state index contributed by atoms with van der Waals surface area (Å²) in [6.45, 7) is 2.47. The molecule has 2 nitrogen and oxygen atoms in total. The normalized spacial score (nSPS) is 14.2. The number of nitrogens with zero attached hydrogens (tertiary/aromatic N) is 1. The van der Waals surface area contributed by atoms with Crippen molar-refractivity contribution in [2.75, 3.05) is 20.7 Å². The van der Waals surface area contributed by atoms with E-state index < -0.39 is 0 Å². The van der Waals surface area contributed by atoms with Gasteiger partial charge in [0.25, 0.3) is 0 Å². The molecule has 0 aliphatic heterocycles. The van der Waals surface area contributed by atoms with E-state index in [9.17, 15) is 0 Å². The highest BCUT2D eigenvalue weighted by molar-refractivity contribution is 4.92. The van der Waals surface area contributed by atoms with Crippen molar-refractivity contribution in [1.29, 1.82) is 0 Å². The third-order valence-electron chi connectivity index (χ3n) is 2.17. The topological polar surface area (TPSA) is 23.5 Å². The molecule has 1 unspecified atom stereocenters. The summed E-state index contributed by atoms with van der Waals surface area (Å²) >= 11 is 0. The number of allylic oxidation sites excluding steroid dienone is 1. The van der Waals surface area contributed by atoms with Gasteiger partial charge in [-0.1, -0.05) is 19.1 Å². The van der Waals surface area contributed by atoms with Crippen LogP contribution in [0.25, 0.3) is 0 Å². The minimum absolute atomic E-state index is 0.317. The zero-order valence-electron chi connectivity index (χ0n) is 9.16. The number of likely N-dealkylation sites (N-methyl/N-ethyl adjacent to an activating group) is 1. The van der Waals surface area contributed by atoms with Crippen LogP contribution < -0.4 is 0 Å². The fourth-order valence-corrected chi connectivity index (χ4v) is 1.29. The molecule has 1 atom stereocenters. The Kier molecular flexibility index (Phi) is 8.05. The second-order valence-corrected chi connectivity index (χ2v) is 3.59. The van der Waals surface area contributed by atoms with E-state index >= 15 is 0 Å². The number of rotatable bonds is 7. The van der Waals surface area contributed by atoms with Crippen LogP contribution in [0.1, 0.15) is 32.6 Å². The summed E-state index contributed by atoms with van der Waals surface area (Å²) in [5.41, 5.74) is 0. The first-order valence-electron chi connectivity index (χ1n) is 5.16. The van der Waals surface area contributed by atoms with Gasteiger partial charge in [-0.2, -0.15) is 0 Å². The maximum Gasteiger partial charge on any atom is 0.0431 e. The number of unbranched alkanes of at least 4 members (excludes halogenated alkanes) is 1. The summed E-state index contributed by atoms with van der Waals surface area (Å²) in [5, 5.41) is 8.66. The van der Waals surface area contributed by atoms with E-state index in [1.807, 2.05) is 0 Å². The summed E-state index contributed by atoms with van der Waals surface area (Å²) in [6.07, 6.45) is 8.74. The number of aliphatic hydroxyl groups is 1. The van der Waals surface area contributed by atoms with Crippen LogP contribution in [0.2, 0.25) is 0 Å². The predicted octanol–water partition coefficient (Wildman–Crippen LogP) is 2.05. The van der Waals surface area contributed by atoms with E-state index in [1.165, 1.54) is 0 Å². The molecule has 0 amide bonds. The van der Waals surface area contributed by atoms with Crippen molar-refractivity contribution in [3.8, 4) is 0 Å². The van der Waals surface area contributed by atoms with Crippen LogP contribution in [-0.2, 0) is 0 Å². The van der Waals surface area contributed by atoms with Crippen molar-refractivity contribution >= 4 is 0 Å². The fourth-order valence-electron chi connectivity index (χ4n) is 1.29. The molecule has 78 valence electrons. The van der Waals surface area contributed by atoms with Crippen molar-refractivity contribution in [3.63, 3.8) is 0 Å². The molecular weight excluding hydrogens is 162 g/mol. The van der Waals surface area contributed by atoms with Crippen LogP contribution in [0.15, 0.2) is 12.2 Å². The maximum atomic E-state index is 8.66. The van der Waals surface area contributed by atoms with E-state index in [2.05, 4.69) is 38.1 Å². The monoisotopic (exact) mass is 185 g/mol. The van der Waals surface area contributed by atoms with Crippen LogP contribution in [0.4, 0.5) is 0 Å². The molecule has 0 bridgehead atoms. The summed E-state index contributed by atoms with van der Waals surface area (Å²) < 4.78 is 0. The van der Waals surface area contributed by atoms with E-state index in [0.29, 0.717) is 12.6 Å². The van der Waals surface area contributed by atoms with Gasteiger partial charge in [-0.3, -0.25) is 0 Å². The first-order chi connectivity index (χ1) is 6.22. The summed E-state index contributed by atoms with van der Waals surface area (Å²) in [7, 11) is 4.20. The van der Waals surface area contributed by atoms with Gasteiger partial charge in [-0.15, -0.1) is 0 Å². The quantitative estimate of drug-likeness (QED) is 0.484. The van der Waals surface area contributed by atoms with Crippen molar-refractivity contribution in [2.45, 2.75) is 38.6 Å². The molecule has 0 fully saturated rings. The zero-order chi connectivity index (χ0) is 10.1. The zero-order valence-corrected chi connectivity index (χ0v) is 9.16. The van der Waals surface area contributed by atoms with E-state index in [1.54, 1.807) is 0 Å². The third kappa shape index (κ3) is 6.79. The fraction of sp³-hybridized carbons (Fsp3) is 0.818. The van der Waals surface area contributed by atoms with Gasteiger partial charge < -0.3 is 10.0 Å². The van der Waals surface area contributed by atoms with Gasteiger partial charge in [-0.05, 0) is 39.8 Å². The molecule has 0 rings (SSSR count). The summed E-state index contributed by atoms with van der Waals surface area (Å²) in [4.78, 5) is 2.23. The molecule has 0 spiro atoms. The van der Waals surface area contributed by atoms with Gasteiger partial charge in [0.15, 0.2) is 0 Å². The van der Waals surface area contributed by atoms with Crippen molar-refractivity contribution in [2.24, 2.45) is 0 Å². The highest BCUT2D eigenvalue weighted by Gasteiger charge is 2.05. The molecule has 0 aliphatic carbocycles. The largest absolute Gasteiger partial charge is 0.396 e. The SMILES string of the molecule is CCC=CC(CCCCO)N(C)C. The van der Waals surface area contributed by atoms with Gasteiger partial charge in [-0.25, -0.2) is 0 Å². The first-order valence-corrected chi connectivity index (χ1v) is 5.16. The lowest BCUT2D eigenvalue weighted by Gasteiger charge is -2.20. The predicted molar refractivity (Wildman–Crippen MR) is 57.8 cm³/mol. The molecule has 0 heterocycles. The maximum absolute atomic E-state index is 8.66. The van der Waals surface area contributed by atoms with Crippen molar-refractivity contribution in [3.05, 3.63) is 12.2 Å². The highest BCUT2D eigenvalue weighted by atomic mass is 16.2. The van der Waals surface area contributed by atoms with Crippen molar-refractivity contribution < 1.29 is 5.11 Å². The Morgan fingerprint density at radius 1 is 1.31 bits per heavy atom. The minimum atomic E-state index is 0.317. The average Bonchev–Trinajstić information content (AvgIpc) is 2.10. The lowest BCUT2D eigenvalue weighted by molar-refractivity contribution is 0.268. The van der Waals surface area contributed by atoms with Gasteiger partial charge >= 0.3 is 0 Å². The van der Waals surface area contributed by atoms with Crippen LogP contribution >= 0.6 is 0 Å². The molecule has 2 heteroatoms. The summed E-state index contributed by atoms with van der Waals surface area (Å²) in [6, 6.07) is 0.534. The Labute approximate surface area is 82.3 Å². The average molecular weight is 185 g/mol. The molecule has 0 saturated carbocycles. The molecule has 1 N–H and O–H groups in total. The number of aliphatic hydroxyl groups excluding tert-OH is 1. The van der Waals surface area contributed by atoms with Crippen molar-refractivity contribution in [1.82, 2.24) is 4.90 Å². The standard InChI is InChI=1S/C11H23NO/c1-4-5-8-11(12(2)3)9-6-7-10-13/h5,8,11,13H,4,6-7,9-10H2,1-3H3. The van der Waals surface area contributed by atoms with E-state index in [4.69, 9.17) is 5.11 Å². The first kappa shape index (κ1) is 12.7. The van der Waals surface area contributed by atoms with Crippen LogP contribution in [0.3, 0.4) is 0 Å². The number of hydrogen-bond acceptors (Lipinski definition) is 2. The second-order valence-electron chi connectivity index (χ2n) is 3.59. The Bertz CT molecular complexity index is 132. The van der Waals surface area contributed by atoms with Gasteiger partial charge in [0.1, 0.15) is 0 Å². The van der Waals surface area contributed by atoms with E-state index in [0.717, 1.165) is 25.7 Å². The Hall–Kier alpha value is -0.340. The van der Waals surface area contributed by atoms with Gasteiger partial charge in [0, 0.05) is 12.6 Å². The smallest absolute Gasteiger partial charge is 0.0431 e. The molecule has 0 saturated heterocycles. The third-order valence-corrected chi connectivity index (χ3v) is 2.17. The van der Waals surface area contributed by atoms with Gasteiger partial charge in [0.05, 0.1) is 0 Å². The summed E-state index contributed by atoms with van der Waals surface area (Å²) in [5.74, 6) is 0. The highest BCUT2D eigenvalue weighted by Crippen LogP contribution is 2.07. The Balaban J connectivity index is 3.74. The van der Waals surface area contributed by atoms with Crippen LogP contribution in [0.5, 0.6) is 0 Å². The lowest BCUT2D eigenvalue weighted by atomic mass is 10.1. The molecule has 0 aliphatic rings. The molecular formula is C11H23NO. The number of hydrogen-bond donors (Lipinski definition) is 1.